The smallest absolute Gasteiger partial charge is 0.361 e. The van der Waals surface area contributed by atoms with E-state index < -0.39 is 28.3 Å². The van der Waals surface area contributed by atoms with Crippen molar-refractivity contribution >= 4 is 15.7 Å². The van der Waals surface area contributed by atoms with E-state index in [-0.39, 0.29) is 15.0 Å². The molecule has 0 aliphatic carbocycles. The Labute approximate surface area is 113 Å². The molecule has 0 bridgehead atoms. The summed E-state index contributed by atoms with van der Waals surface area (Å²) in [7, 11) is -4.59. The summed E-state index contributed by atoms with van der Waals surface area (Å²) in [6, 6.07) is 6.52. The van der Waals surface area contributed by atoms with Crippen LogP contribution in [-0.2, 0) is 10.0 Å². The van der Waals surface area contributed by atoms with Crippen LogP contribution in [0, 0.1) is 0 Å². The standard InChI is InChI=1S/C11H11F3N2O3S/c1-8-7-10(17,11(12,13)14)16(15-8)20(18,19)9-5-3-2-4-6-9/h2-6,17H,7H2,1H3/t10-/m0/s1. The number of nitrogens with zero attached hydrogens (tertiary/aromatic N) is 2. The van der Waals surface area contributed by atoms with E-state index in [0.717, 1.165) is 12.1 Å². The minimum absolute atomic E-state index is 0.121. The average Bonchev–Trinajstić information content (AvgIpc) is 2.67. The number of rotatable bonds is 2. The van der Waals surface area contributed by atoms with Gasteiger partial charge in [0.25, 0.3) is 15.7 Å². The van der Waals surface area contributed by atoms with Gasteiger partial charge in [0.2, 0.25) is 0 Å². The first kappa shape index (κ1) is 14.8. The van der Waals surface area contributed by atoms with Crippen LogP contribution in [0.4, 0.5) is 13.2 Å². The van der Waals surface area contributed by atoms with Crippen molar-refractivity contribution in [2.24, 2.45) is 5.10 Å². The van der Waals surface area contributed by atoms with Gasteiger partial charge in [-0.3, -0.25) is 0 Å². The van der Waals surface area contributed by atoms with Crippen LogP contribution in [0.5, 0.6) is 0 Å². The molecule has 1 heterocycles. The molecule has 9 heteroatoms. The highest BCUT2D eigenvalue weighted by Crippen LogP contribution is 2.42. The van der Waals surface area contributed by atoms with Gasteiger partial charge in [-0.15, -0.1) is 4.41 Å². The summed E-state index contributed by atoms with van der Waals surface area (Å²) in [5, 5.41) is 13.1. The van der Waals surface area contributed by atoms with Crippen molar-refractivity contribution in [2.75, 3.05) is 0 Å². The fourth-order valence-corrected chi connectivity index (χ4v) is 3.36. The second-order valence-corrected chi connectivity index (χ2v) is 6.15. The number of alkyl halides is 3. The summed E-state index contributed by atoms with van der Waals surface area (Å²) >= 11 is 0. The highest BCUT2D eigenvalue weighted by molar-refractivity contribution is 7.89. The highest BCUT2D eigenvalue weighted by atomic mass is 32.2. The van der Waals surface area contributed by atoms with Crippen LogP contribution >= 0.6 is 0 Å². The van der Waals surface area contributed by atoms with Gasteiger partial charge in [0.1, 0.15) is 0 Å². The number of halogens is 3. The SMILES string of the molecule is CC1=NN(S(=O)(=O)c2ccccc2)[C@@](O)(C(F)(F)F)C1. The lowest BCUT2D eigenvalue weighted by molar-refractivity contribution is -0.291. The third-order valence-corrected chi connectivity index (χ3v) is 4.51. The molecule has 1 N–H and O–H groups in total. The van der Waals surface area contributed by atoms with Gasteiger partial charge in [0, 0.05) is 12.1 Å². The van der Waals surface area contributed by atoms with Crippen molar-refractivity contribution < 1.29 is 26.7 Å². The quantitative estimate of drug-likeness (QED) is 0.904. The van der Waals surface area contributed by atoms with Gasteiger partial charge in [-0.05, 0) is 19.1 Å². The fraction of sp³-hybridized carbons (Fsp3) is 0.364. The van der Waals surface area contributed by atoms with Gasteiger partial charge in [0.15, 0.2) is 0 Å². The zero-order chi connectivity index (χ0) is 15.2. The summed E-state index contributed by atoms with van der Waals surface area (Å²) in [5.41, 5.74) is -3.67. The Morgan fingerprint density at radius 3 is 2.35 bits per heavy atom. The predicted molar refractivity (Wildman–Crippen MR) is 64.2 cm³/mol. The topological polar surface area (TPSA) is 70.0 Å². The van der Waals surface area contributed by atoms with E-state index in [1.807, 2.05) is 0 Å². The molecule has 5 nitrogen and oxygen atoms in total. The molecule has 110 valence electrons. The van der Waals surface area contributed by atoms with Crippen molar-refractivity contribution in [3.63, 3.8) is 0 Å². The summed E-state index contributed by atoms with van der Waals surface area (Å²) in [5.74, 6) is 0. The minimum Gasteiger partial charge on any atom is -0.361 e. The molecule has 1 aliphatic heterocycles. The minimum atomic E-state index is -5.16. The first-order valence-corrected chi connectivity index (χ1v) is 6.97. The predicted octanol–water partition coefficient (Wildman–Crippen LogP) is 1.71. The number of aliphatic hydroxyl groups is 1. The molecule has 1 aliphatic rings. The first-order valence-electron chi connectivity index (χ1n) is 5.53. The molecule has 20 heavy (non-hydrogen) atoms. The Morgan fingerprint density at radius 2 is 1.85 bits per heavy atom. The number of hydrogen-bond donors (Lipinski definition) is 1. The van der Waals surface area contributed by atoms with E-state index in [0.29, 0.717) is 0 Å². The normalized spacial score (nSPS) is 23.9. The third kappa shape index (κ3) is 2.16. The zero-order valence-corrected chi connectivity index (χ0v) is 11.1. The zero-order valence-electron chi connectivity index (χ0n) is 10.3. The maximum atomic E-state index is 13.0. The van der Waals surface area contributed by atoms with Crippen LogP contribution < -0.4 is 0 Å². The van der Waals surface area contributed by atoms with Crippen molar-refractivity contribution in [1.82, 2.24) is 4.41 Å². The molecule has 0 radical (unpaired) electrons. The second-order valence-electron chi connectivity index (χ2n) is 4.39. The van der Waals surface area contributed by atoms with Crippen LogP contribution in [-0.4, -0.2) is 35.6 Å². The summed E-state index contributed by atoms with van der Waals surface area (Å²) in [4.78, 5) is -0.374. The maximum Gasteiger partial charge on any atom is 0.439 e. The summed E-state index contributed by atoms with van der Waals surface area (Å²) in [6.45, 7) is 1.22. The fourth-order valence-electron chi connectivity index (χ4n) is 1.85. The van der Waals surface area contributed by atoms with E-state index in [1.54, 1.807) is 0 Å². The van der Waals surface area contributed by atoms with Crippen molar-refractivity contribution in [3.05, 3.63) is 30.3 Å². The largest absolute Gasteiger partial charge is 0.439 e. The average molecular weight is 308 g/mol. The lowest BCUT2D eigenvalue weighted by Gasteiger charge is -2.33. The van der Waals surface area contributed by atoms with Crippen LogP contribution in [0.3, 0.4) is 0 Å². The van der Waals surface area contributed by atoms with Gasteiger partial charge >= 0.3 is 6.18 Å². The van der Waals surface area contributed by atoms with Crippen LogP contribution in [0.2, 0.25) is 0 Å². The highest BCUT2D eigenvalue weighted by Gasteiger charge is 2.64. The van der Waals surface area contributed by atoms with Gasteiger partial charge in [-0.25, -0.2) is 0 Å². The Bertz CT molecular complexity index is 643. The molecule has 0 spiro atoms. The molecule has 2 rings (SSSR count). The van der Waals surface area contributed by atoms with Crippen LogP contribution in [0.15, 0.2) is 40.3 Å². The van der Waals surface area contributed by atoms with Gasteiger partial charge in [0.05, 0.1) is 4.90 Å². The lowest BCUT2D eigenvalue weighted by atomic mass is 10.1. The molecule has 0 saturated heterocycles. The molecular weight excluding hydrogens is 297 g/mol. The third-order valence-electron chi connectivity index (χ3n) is 2.80. The summed E-state index contributed by atoms with van der Waals surface area (Å²) in [6.07, 6.45) is -6.07. The van der Waals surface area contributed by atoms with Crippen LogP contribution in [0.1, 0.15) is 13.3 Å². The van der Waals surface area contributed by atoms with Crippen molar-refractivity contribution in [2.45, 2.75) is 30.1 Å². The molecule has 0 unspecified atom stereocenters. The van der Waals surface area contributed by atoms with E-state index in [9.17, 15) is 26.7 Å². The van der Waals surface area contributed by atoms with Gasteiger partial charge in [-0.1, -0.05) is 18.2 Å². The molecule has 1 aromatic carbocycles. The first-order chi connectivity index (χ1) is 9.09. The Balaban J connectivity index is 2.55. The monoisotopic (exact) mass is 308 g/mol. The van der Waals surface area contributed by atoms with E-state index >= 15 is 0 Å². The number of sulfonamides is 1. The molecule has 0 fully saturated rings. The molecular formula is C11H11F3N2O3S. The molecule has 0 aromatic heterocycles. The van der Waals surface area contributed by atoms with Crippen LogP contribution in [0.25, 0.3) is 0 Å². The van der Waals surface area contributed by atoms with E-state index in [1.165, 1.54) is 25.1 Å². The lowest BCUT2D eigenvalue weighted by Crippen LogP contribution is -2.56. The Kier molecular flexibility index (Phi) is 3.29. The molecule has 1 aromatic rings. The van der Waals surface area contributed by atoms with E-state index in [2.05, 4.69) is 5.10 Å². The maximum absolute atomic E-state index is 13.0. The molecule has 0 saturated carbocycles. The van der Waals surface area contributed by atoms with E-state index in [4.69, 9.17) is 0 Å². The second kappa shape index (κ2) is 4.45. The van der Waals surface area contributed by atoms with Crippen molar-refractivity contribution in [3.8, 4) is 0 Å². The van der Waals surface area contributed by atoms with Crippen molar-refractivity contribution in [1.29, 1.82) is 0 Å². The van der Waals surface area contributed by atoms with Gasteiger partial charge < -0.3 is 5.11 Å². The molecule has 0 amide bonds. The Hall–Kier alpha value is -1.61. The number of hydrogen-bond acceptors (Lipinski definition) is 4. The number of hydrazone groups is 1. The number of benzene rings is 1. The van der Waals surface area contributed by atoms with Gasteiger partial charge in [-0.2, -0.15) is 26.7 Å². The summed E-state index contributed by atoms with van der Waals surface area (Å²) < 4.78 is 63.1. The Morgan fingerprint density at radius 1 is 1.30 bits per heavy atom. The molecule has 1 atom stereocenters.